The van der Waals surface area contributed by atoms with Gasteiger partial charge in [-0.1, -0.05) is 12.1 Å². The summed E-state index contributed by atoms with van der Waals surface area (Å²) in [5.74, 6) is 0.690. The molecular formula is C12H16N2O3. The maximum atomic E-state index is 8.36. The molecule has 0 bridgehead atoms. The fraction of sp³-hybridized carbons (Fsp3) is 0.417. The molecule has 1 aromatic carbocycles. The maximum Gasteiger partial charge on any atom is 0.174 e. The van der Waals surface area contributed by atoms with Crippen LogP contribution in [0.1, 0.15) is 5.56 Å². The first-order chi connectivity index (χ1) is 8.36. The molecule has 0 saturated heterocycles. The molecule has 0 fully saturated rings. The molecule has 1 N–H and O–H groups in total. The van der Waals surface area contributed by atoms with Crippen molar-refractivity contribution in [2.45, 2.75) is 6.54 Å². The van der Waals surface area contributed by atoms with E-state index in [1.165, 1.54) is 0 Å². The lowest BCUT2D eigenvalue weighted by Gasteiger charge is -2.06. The first-order valence-corrected chi connectivity index (χ1v) is 5.29. The van der Waals surface area contributed by atoms with Crippen molar-refractivity contribution in [3.05, 3.63) is 29.8 Å². The van der Waals surface area contributed by atoms with Gasteiger partial charge in [0, 0.05) is 13.7 Å². The van der Waals surface area contributed by atoms with Crippen molar-refractivity contribution in [1.82, 2.24) is 5.48 Å². The van der Waals surface area contributed by atoms with Crippen LogP contribution in [-0.2, 0) is 16.1 Å². The smallest absolute Gasteiger partial charge is 0.174 e. The topological polar surface area (TPSA) is 63.5 Å². The number of methoxy groups -OCH3 is 1. The maximum absolute atomic E-state index is 8.36. The molecule has 5 nitrogen and oxygen atoms in total. The van der Waals surface area contributed by atoms with Crippen LogP contribution >= 0.6 is 0 Å². The Bertz CT molecular complexity index is 346. The molecule has 1 aromatic rings. The number of nitrogens with zero attached hydrogens (tertiary/aromatic N) is 1. The standard InChI is InChI=1S/C12H16N2O3/c1-15-8-9-17-14-10-11-2-4-12(5-3-11)16-7-6-13/h2-5,14H,7-10H2,1H3. The van der Waals surface area contributed by atoms with Crippen LogP contribution in [0.3, 0.4) is 0 Å². The van der Waals surface area contributed by atoms with Gasteiger partial charge in [0.25, 0.3) is 0 Å². The predicted octanol–water partition coefficient (Wildman–Crippen LogP) is 1.26. The molecule has 0 spiro atoms. The van der Waals surface area contributed by atoms with E-state index in [0.717, 1.165) is 5.56 Å². The first-order valence-electron chi connectivity index (χ1n) is 5.29. The minimum absolute atomic E-state index is 0.0672. The Kier molecular flexibility index (Phi) is 6.75. The number of nitriles is 1. The number of hydroxylamine groups is 1. The van der Waals surface area contributed by atoms with E-state index in [2.05, 4.69) is 5.48 Å². The molecule has 0 aliphatic rings. The molecule has 0 aromatic heterocycles. The highest BCUT2D eigenvalue weighted by Crippen LogP contribution is 2.11. The SMILES string of the molecule is COCCONCc1ccc(OCC#N)cc1. The molecule has 0 saturated carbocycles. The molecule has 0 atom stereocenters. The van der Waals surface area contributed by atoms with Crippen molar-refractivity contribution in [2.75, 3.05) is 26.9 Å². The van der Waals surface area contributed by atoms with Gasteiger partial charge in [-0.25, -0.2) is 0 Å². The summed E-state index contributed by atoms with van der Waals surface area (Å²) in [6.45, 7) is 1.76. The lowest BCUT2D eigenvalue weighted by atomic mass is 10.2. The van der Waals surface area contributed by atoms with E-state index >= 15 is 0 Å². The normalized spacial score (nSPS) is 9.88. The molecule has 0 heterocycles. The van der Waals surface area contributed by atoms with Gasteiger partial charge in [0.1, 0.15) is 11.8 Å². The second-order valence-electron chi connectivity index (χ2n) is 3.25. The number of hydrogen-bond acceptors (Lipinski definition) is 5. The van der Waals surface area contributed by atoms with E-state index in [0.29, 0.717) is 25.5 Å². The summed E-state index contributed by atoms with van der Waals surface area (Å²) in [7, 11) is 1.63. The lowest BCUT2D eigenvalue weighted by molar-refractivity contribution is 0.00346. The average Bonchev–Trinajstić information content (AvgIpc) is 2.37. The molecule has 1 rings (SSSR count). The molecule has 0 unspecified atom stereocenters. The monoisotopic (exact) mass is 236 g/mol. The number of benzene rings is 1. The molecule has 92 valence electrons. The van der Waals surface area contributed by atoms with Crippen molar-refractivity contribution in [3.63, 3.8) is 0 Å². The highest BCUT2D eigenvalue weighted by atomic mass is 16.7. The van der Waals surface area contributed by atoms with E-state index in [4.69, 9.17) is 19.6 Å². The van der Waals surface area contributed by atoms with Gasteiger partial charge in [-0.05, 0) is 17.7 Å². The summed E-state index contributed by atoms with van der Waals surface area (Å²) in [6, 6.07) is 9.40. The number of hydrogen-bond donors (Lipinski definition) is 1. The average molecular weight is 236 g/mol. The van der Waals surface area contributed by atoms with E-state index in [-0.39, 0.29) is 6.61 Å². The van der Waals surface area contributed by atoms with E-state index in [1.807, 2.05) is 30.3 Å². The molecule has 0 aliphatic carbocycles. The first kappa shape index (κ1) is 13.5. The third-order valence-electron chi connectivity index (χ3n) is 1.99. The Balaban J connectivity index is 2.23. The van der Waals surface area contributed by atoms with Crippen molar-refractivity contribution >= 4 is 0 Å². The summed E-state index contributed by atoms with van der Waals surface area (Å²) < 4.78 is 9.98. The van der Waals surface area contributed by atoms with E-state index < -0.39 is 0 Å². The third kappa shape index (κ3) is 5.88. The van der Waals surface area contributed by atoms with Crippen LogP contribution in [0, 0.1) is 11.3 Å². The van der Waals surface area contributed by atoms with Crippen LogP contribution in [0.4, 0.5) is 0 Å². The van der Waals surface area contributed by atoms with Crippen LogP contribution < -0.4 is 10.2 Å². The van der Waals surface area contributed by atoms with Gasteiger partial charge in [-0.3, -0.25) is 4.84 Å². The van der Waals surface area contributed by atoms with E-state index in [1.54, 1.807) is 7.11 Å². The fourth-order valence-corrected chi connectivity index (χ4v) is 1.15. The van der Waals surface area contributed by atoms with E-state index in [9.17, 15) is 0 Å². The van der Waals surface area contributed by atoms with Crippen LogP contribution in [0.2, 0.25) is 0 Å². The highest BCUT2D eigenvalue weighted by Gasteiger charge is 1.95. The molecule has 17 heavy (non-hydrogen) atoms. The van der Waals surface area contributed by atoms with Gasteiger partial charge in [-0.15, -0.1) is 0 Å². The van der Waals surface area contributed by atoms with Crippen molar-refractivity contribution in [1.29, 1.82) is 5.26 Å². The summed E-state index contributed by atoms with van der Waals surface area (Å²) in [4.78, 5) is 5.12. The Morgan fingerprint density at radius 3 is 2.65 bits per heavy atom. The van der Waals surface area contributed by atoms with Gasteiger partial charge in [0.05, 0.1) is 13.2 Å². The van der Waals surface area contributed by atoms with Gasteiger partial charge in [0.2, 0.25) is 0 Å². The zero-order chi connectivity index (χ0) is 12.3. The fourth-order valence-electron chi connectivity index (χ4n) is 1.15. The van der Waals surface area contributed by atoms with Crippen LogP contribution in [0.5, 0.6) is 5.75 Å². The number of ether oxygens (including phenoxy) is 2. The second-order valence-corrected chi connectivity index (χ2v) is 3.25. The lowest BCUT2D eigenvalue weighted by Crippen LogP contribution is -2.17. The predicted molar refractivity (Wildman–Crippen MR) is 62.2 cm³/mol. The third-order valence-corrected chi connectivity index (χ3v) is 1.99. The van der Waals surface area contributed by atoms with Crippen LogP contribution in [0.15, 0.2) is 24.3 Å². The summed E-state index contributed by atoms with van der Waals surface area (Å²) in [5.41, 5.74) is 3.90. The van der Waals surface area contributed by atoms with Gasteiger partial charge < -0.3 is 9.47 Å². The van der Waals surface area contributed by atoms with Crippen LogP contribution in [0.25, 0.3) is 0 Å². The Morgan fingerprint density at radius 1 is 1.24 bits per heavy atom. The number of nitrogens with one attached hydrogen (secondary N) is 1. The van der Waals surface area contributed by atoms with Crippen molar-refractivity contribution in [2.24, 2.45) is 0 Å². The molecule has 0 aliphatic heterocycles. The van der Waals surface area contributed by atoms with Crippen molar-refractivity contribution in [3.8, 4) is 11.8 Å². The molecule has 0 amide bonds. The van der Waals surface area contributed by atoms with Gasteiger partial charge in [-0.2, -0.15) is 10.7 Å². The zero-order valence-corrected chi connectivity index (χ0v) is 9.81. The molecule has 0 radical (unpaired) electrons. The quantitative estimate of drug-likeness (QED) is 0.543. The highest BCUT2D eigenvalue weighted by molar-refractivity contribution is 5.27. The van der Waals surface area contributed by atoms with Crippen LogP contribution in [-0.4, -0.2) is 26.9 Å². The minimum Gasteiger partial charge on any atom is -0.479 e. The summed E-state index contributed by atoms with van der Waals surface area (Å²) >= 11 is 0. The molecule has 5 heteroatoms. The number of rotatable bonds is 8. The second kappa shape index (κ2) is 8.53. The van der Waals surface area contributed by atoms with Gasteiger partial charge in [0.15, 0.2) is 6.61 Å². The van der Waals surface area contributed by atoms with Gasteiger partial charge >= 0.3 is 0 Å². The Morgan fingerprint density at radius 2 is 2.00 bits per heavy atom. The zero-order valence-electron chi connectivity index (χ0n) is 9.81. The largest absolute Gasteiger partial charge is 0.479 e. The summed E-state index contributed by atoms with van der Waals surface area (Å²) in [5, 5.41) is 8.36. The Labute approximate surface area is 101 Å². The minimum atomic E-state index is 0.0672. The Hall–Kier alpha value is -1.61. The summed E-state index contributed by atoms with van der Waals surface area (Å²) in [6.07, 6.45) is 0. The molecular weight excluding hydrogens is 220 g/mol. The van der Waals surface area contributed by atoms with Crippen molar-refractivity contribution < 1.29 is 14.3 Å².